The third-order valence-electron chi connectivity index (χ3n) is 7.47. The van der Waals surface area contributed by atoms with E-state index in [1.165, 1.54) is 50.3 Å². The van der Waals surface area contributed by atoms with Crippen molar-refractivity contribution < 1.29 is 4.79 Å². The lowest BCUT2D eigenvalue weighted by Crippen LogP contribution is -2.47. The van der Waals surface area contributed by atoms with Gasteiger partial charge in [0, 0.05) is 19.5 Å². The molecule has 164 valence electrons. The van der Waals surface area contributed by atoms with Gasteiger partial charge >= 0.3 is 0 Å². The van der Waals surface area contributed by atoms with Crippen molar-refractivity contribution in [2.75, 3.05) is 5.75 Å². The summed E-state index contributed by atoms with van der Waals surface area (Å²) in [7, 11) is 0. The summed E-state index contributed by atoms with van der Waals surface area (Å²) in [6.07, 6.45) is 11.4. The van der Waals surface area contributed by atoms with Gasteiger partial charge in [0.15, 0.2) is 5.16 Å². The number of carbonyl (C=O) groups is 1. The molecule has 4 bridgehead atoms. The molecule has 1 amide bonds. The zero-order valence-corrected chi connectivity index (χ0v) is 18.9. The van der Waals surface area contributed by atoms with Crippen molar-refractivity contribution in [3.05, 3.63) is 54.4 Å². The molecule has 4 aliphatic carbocycles. The topological polar surface area (TPSA) is 59.8 Å². The standard InChI is InChI=1S/C25H32N4OS/c1-2-8-29-22(15-25-12-19-9-20(13-25)11-21(10-19)14-25)27-28-24(29)31-17-23(30)26-16-18-6-4-3-5-7-18/h2-7,19-21H,1,8-17H2,(H,26,30). The number of hydrogen-bond acceptors (Lipinski definition) is 4. The Bertz CT molecular complexity index is 903. The highest BCUT2D eigenvalue weighted by atomic mass is 32.2. The number of amides is 1. The minimum Gasteiger partial charge on any atom is -0.351 e. The second-order valence-electron chi connectivity index (χ2n) is 9.94. The van der Waals surface area contributed by atoms with Crippen molar-refractivity contribution in [1.82, 2.24) is 20.1 Å². The Morgan fingerprint density at radius 3 is 2.45 bits per heavy atom. The van der Waals surface area contributed by atoms with Gasteiger partial charge < -0.3 is 9.88 Å². The molecule has 1 aromatic carbocycles. The number of hydrogen-bond donors (Lipinski definition) is 1. The maximum atomic E-state index is 12.4. The smallest absolute Gasteiger partial charge is 0.230 e. The van der Waals surface area contributed by atoms with E-state index in [9.17, 15) is 4.79 Å². The average Bonchev–Trinajstić information content (AvgIpc) is 3.11. The van der Waals surface area contributed by atoms with Gasteiger partial charge in [0.2, 0.25) is 5.91 Å². The molecular formula is C25H32N4OS. The van der Waals surface area contributed by atoms with Crippen molar-refractivity contribution in [3.63, 3.8) is 0 Å². The highest BCUT2D eigenvalue weighted by molar-refractivity contribution is 7.99. The molecule has 0 atom stereocenters. The van der Waals surface area contributed by atoms with E-state index in [-0.39, 0.29) is 5.91 Å². The van der Waals surface area contributed by atoms with Crippen LogP contribution in [0.15, 0.2) is 48.1 Å². The summed E-state index contributed by atoms with van der Waals surface area (Å²) >= 11 is 1.47. The molecule has 31 heavy (non-hydrogen) atoms. The number of rotatable bonds is 9. The van der Waals surface area contributed by atoms with Gasteiger partial charge in [-0.3, -0.25) is 4.79 Å². The fourth-order valence-corrected chi connectivity index (χ4v) is 7.49. The first-order valence-electron chi connectivity index (χ1n) is 11.6. The zero-order valence-electron chi connectivity index (χ0n) is 18.1. The van der Waals surface area contributed by atoms with Crippen molar-refractivity contribution in [2.24, 2.45) is 23.2 Å². The minimum atomic E-state index is 0.0182. The number of allylic oxidation sites excluding steroid dienone is 1. The minimum absolute atomic E-state index is 0.0182. The summed E-state index contributed by atoms with van der Waals surface area (Å²) in [4.78, 5) is 12.4. The predicted molar refractivity (Wildman–Crippen MR) is 124 cm³/mol. The first kappa shape index (κ1) is 20.8. The van der Waals surface area contributed by atoms with Crippen LogP contribution in [0.3, 0.4) is 0 Å². The first-order chi connectivity index (χ1) is 15.1. The lowest BCUT2D eigenvalue weighted by molar-refractivity contribution is -0.118. The largest absolute Gasteiger partial charge is 0.351 e. The van der Waals surface area contributed by atoms with Crippen LogP contribution in [0.5, 0.6) is 0 Å². The van der Waals surface area contributed by atoms with E-state index in [4.69, 9.17) is 0 Å². The van der Waals surface area contributed by atoms with Gasteiger partial charge in [0.05, 0.1) is 5.75 Å². The molecule has 4 saturated carbocycles. The molecule has 0 radical (unpaired) electrons. The Kier molecular flexibility index (Phi) is 5.91. The van der Waals surface area contributed by atoms with Crippen molar-refractivity contribution in [3.8, 4) is 0 Å². The van der Waals surface area contributed by atoms with Gasteiger partial charge in [-0.15, -0.1) is 16.8 Å². The number of aromatic nitrogens is 3. The van der Waals surface area contributed by atoms with Crippen LogP contribution in [-0.2, 0) is 24.3 Å². The summed E-state index contributed by atoms with van der Waals surface area (Å²) < 4.78 is 2.18. The number of thioether (sulfide) groups is 1. The second-order valence-corrected chi connectivity index (χ2v) is 10.9. The monoisotopic (exact) mass is 436 g/mol. The molecule has 4 fully saturated rings. The predicted octanol–water partition coefficient (Wildman–Crippen LogP) is 4.63. The normalized spacial score (nSPS) is 28.6. The van der Waals surface area contributed by atoms with Crippen LogP contribution in [0.4, 0.5) is 0 Å². The highest BCUT2D eigenvalue weighted by Gasteiger charge is 2.51. The zero-order chi connectivity index (χ0) is 21.3. The molecule has 0 unspecified atom stereocenters. The van der Waals surface area contributed by atoms with Crippen molar-refractivity contribution in [2.45, 2.75) is 63.2 Å². The first-order valence-corrected chi connectivity index (χ1v) is 12.6. The molecule has 6 rings (SSSR count). The Balaban J connectivity index is 1.22. The molecule has 1 heterocycles. The molecule has 0 aliphatic heterocycles. The van der Waals surface area contributed by atoms with Crippen LogP contribution in [0, 0.1) is 23.2 Å². The lowest BCUT2D eigenvalue weighted by Gasteiger charge is -2.56. The van der Waals surface area contributed by atoms with E-state index >= 15 is 0 Å². The number of benzene rings is 1. The van der Waals surface area contributed by atoms with Gasteiger partial charge in [-0.25, -0.2) is 0 Å². The van der Waals surface area contributed by atoms with Crippen LogP contribution in [0.1, 0.15) is 49.9 Å². The third-order valence-corrected chi connectivity index (χ3v) is 8.43. The Morgan fingerprint density at radius 2 is 1.81 bits per heavy atom. The van der Waals surface area contributed by atoms with Gasteiger partial charge in [0.1, 0.15) is 5.82 Å². The van der Waals surface area contributed by atoms with Crippen molar-refractivity contribution >= 4 is 17.7 Å². The Labute approximate surface area is 189 Å². The van der Waals surface area contributed by atoms with E-state index in [1.807, 2.05) is 36.4 Å². The molecule has 4 aliphatic rings. The maximum absolute atomic E-state index is 12.4. The van der Waals surface area contributed by atoms with E-state index in [1.54, 1.807) is 0 Å². The Morgan fingerprint density at radius 1 is 1.13 bits per heavy atom. The molecule has 1 aromatic heterocycles. The molecule has 2 aromatic rings. The second kappa shape index (κ2) is 8.81. The molecule has 6 heteroatoms. The van der Waals surface area contributed by atoms with Gasteiger partial charge in [-0.05, 0) is 67.3 Å². The quantitative estimate of drug-likeness (QED) is 0.460. The van der Waals surface area contributed by atoms with E-state index in [0.717, 1.165) is 40.7 Å². The summed E-state index contributed by atoms with van der Waals surface area (Å²) in [5.74, 6) is 4.25. The van der Waals surface area contributed by atoms with Crippen LogP contribution in [-0.4, -0.2) is 26.4 Å². The summed E-state index contributed by atoms with van der Waals surface area (Å²) in [5, 5.41) is 12.9. The van der Waals surface area contributed by atoms with E-state index < -0.39 is 0 Å². The van der Waals surface area contributed by atoms with Crippen LogP contribution in [0.25, 0.3) is 0 Å². The van der Waals surface area contributed by atoms with Crippen LogP contribution in [0.2, 0.25) is 0 Å². The molecule has 0 saturated heterocycles. The molecular weight excluding hydrogens is 404 g/mol. The van der Waals surface area contributed by atoms with E-state index in [2.05, 4.69) is 26.7 Å². The summed E-state index contributed by atoms with van der Waals surface area (Å²) in [6, 6.07) is 9.99. The fraction of sp³-hybridized carbons (Fsp3) is 0.560. The molecule has 5 nitrogen and oxygen atoms in total. The molecule has 0 spiro atoms. The highest BCUT2D eigenvalue weighted by Crippen LogP contribution is 2.61. The van der Waals surface area contributed by atoms with Gasteiger partial charge in [0.25, 0.3) is 0 Å². The van der Waals surface area contributed by atoms with E-state index in [0.29, 0.717) is 24.3 Å². The van der Waals surface area contributed by atoms with Gasteiger partial charge in [-0.2, -0.15) is 0 Å². The summed E-state index contributed by atoms with van der Waals surface area (Å²) in [5.41, 5.74) is 1.53. The third kappa shape index (κ3) is 4.59. The number of nitrogens with zero attached hydrogens (tertiary/aromatic N) is 3. The maximum Gasteiger partial charge on any atom is 0.230 e. The molecule has 1 N–H and O–H groups in total. The van der Waals surface area contributed by atoms with Crippen LogP contribution >= 0.6 is 11.8 Å². The SMILES string of the molecule is C=CCn1c(CC23CC4CC(CC(C4)C2)C3)nnc1SCC(=O)NCc1ccccc1. The number of nitrogens with one attached hydrogen (secondary N) is 1. The summed E-state index contributed by atoms with van der Waals surface area (Å²) in [6.45, 7) is 5.19. The van der Waals surface area contributed by atoms with Gasteiger partial charge in [-0.1, -0.05) is 48.2 Å². The average molecular weight is 437 g/mol. The lowest BCUT2D eigenvalue weighted by atomic mass is 9.49. The number of carbonyl (C=O) groups excluding carboxylic acids is 1. The van der Waals surface area contributed by atoms with Crippen molar-refractivity contribution in [1.29, 1.82) is 0 Å². The fourth-order valence-electron chi connectivity index (χ4n) is 6.69. The van der Waals surface area contributed by atoms with Crippen LogP contribution < -0.4 is 5.32 Å². The Hall–Kier alpha value is -2.08.